The smallest absolute Gasteiger partial charge is 0.0415 e. The first kappa shape index (κ1) is 12.5. The van der Waals surface area contributed by atoms with Gasteiger partial charge in [-0.15, -0.1) is 0 Å². The van der Waals surface area contributed by atoms with Crippen molar-refractivity contribution >= 4 is 29.1 Å². The van der Waals surface area contributed by atoms with E-state index in [4.69, 9.17) is 23.1 Å². The van der Waals surface area contributed by atoms with E-state index in [2.05, 4.69) is 0 Å². The lowest BCUT2D eigenvalue weighted by atomic mass is 10.0. The summed E-state index contributed by atoms with van der Waals surface area (Å²) in [5, 5.41) is 0.625. The molecule has 2 nitrogen and oxygen atoms in total. The molecule has 0 heterocycles. The summed E-state index contributed by atoms with van der Waals surface area (Å²) in [6, 6.07) is 13.3. The van der Waals surface area contributed by atoms with Crippen LogP contribution in [0.2, 0.25) is 5.02 Å². The van der Waals surface area contributed by atoms with E-state index in [1.54, 1.807) is 18.2 Å². The van der Waals surface area contributed by atoms with Gasteiger partial charge in [-0.2, -0.15) is 0 Å². The zero-order valence-corrected chi connectivity index (χ0v) is 10.9. The summed E-state index contributed by atoms with van der Waals surface area (Å²) in [5.74, 6) is 0. The zero-order valence-electron chi connectivity index (χ0n) is 10.2. The van der Waals surface area contributed by atoms with Crippen LogP contribution in [0.5, 0.6) is 0 Å². The van der Waals surface area contributed by atoms with Crippen LogP contribution in [0.1, 0.15) is 16.7 Å². The highest BCUT2D eigenvalue weighted by Gasteiger charge is 2.04. The van der Waals surface area contributed by atoms with Gasteiger partial charge in [-0.3, -0.25) is 0 Å². The molecule has 0 radical (unpaired) electrons. The van der Waals surface area contributed by atoms with Crippen LogP contribution in [-0.2, 0) is 0 Å². The number of nitrogens with two attached hydrogens (primary N) is 2. The fourth-order valence-corrected chi connectivity index (χ4v) is 1.94. The van der Waals surface area contributed by atoms with E-state index in [1.807, 2.05) is 37.3 Å². The Morgan fingerprint density at radius 2 is 1.89 bits per heavy atom. The Morgan fingerprint density at radius 1 is 1.17 bits per heavy atom. The fourth-order valence-electron chi connectivity index (χ4n) is 1.77. The van der Waals surface area contributed by atoms with Gasteiger partial charge in [0.2, 0.25) is 0 Å². The predicted molar refractivity (Wildman–Crippen MR) is 79.1 cm³/mol. The van der Waals surface area contributed by atoms with E-state index in [0.29, 0.717) is 16.4 Å². The molecule has 0 saturated carbocycles. The molecule has 2 rings (SSSR count). The highest BCUT2D eigenvalue weighted by molar-refractivity contribution is 6.30. The molecule has 0 amide bonds. The monoisotopic (exact) mass is 258 g/mol. The SMILES string of the molecule is Cc1ccccc1/C=C(\N)c1cc(Cl)ccc1N. The minimum absolute atomic E-state index is 0.615. The lowest BCUT2D eigenvalue weighted by Crippen LogP contribution is -2.01. The minimum atomic E-state index is 0.615. The molecule has 18 heavy (non-hydrogen) atoms. The van der Waals surface area contributed by atoms with Crippen LogP contribution in [0.15, 0.2) is 42.5 Å². The normalized spacial score (nSPS) is 11.6. The number of hydrogen-bond acceptors (Lipinski definition) is 2. The minimum Gasteiger partial charge on any atom is -0.398 e. The summed E-state index contributed by atoms with van der Waals surface area (Å²) < 4.78 is 0. The first-order valence-electron chi connectivity index (χ1n) is 5.66. The quantitative estimate of drug-likeness (QED) is 0.638. The molecule has 0 aliphatic carbocycles. The number of nitrogen functional groups attached to an aromatic ring is 1. The number of rotatable bonds is 2. The summed E-state index contributed by atoms with van der Waals surface area (Å²) >= 11 is 5.96. The molecule has 0 unspecified atom stereocenters. The summed E-state index contributed by atoms with van der Waals surface area (Å²) in [7, 11) is 0. The van der Waals surface area contributed by atoms with Crippen molar-refractivity contribution in [3.05, 3.63) is 64.2 Å². The molecular weight excluding hydrogens is 244 g/mol. The maximum absolute atomic E-state index is 6.09. The van der Waals surface area contributed by atoms with E-state index >= 15 is 0 Å². The number of benzene rings is 2. The van der Waals surface area contributed by atoms with Crippen LogP contribution >= 0.6 is 11.6 Å². The maximum Gasteiger partial charge on any atom is 0.0415 e. The number of halogens is 1. The van der Waals surface area contributed by atoms with Gasteiger partial charge in [0.15, 0.2) is 0 Å². The van der Waals surface area contributed by atoms with Crippen molar-refractivity contribution < 1.29 is 0 Å². The molecule has 0 bridgehead atoms. The third-order valence-corrected chi connectivity index (χ3v) is 3.06. The Kier molecular flexibility index (Phi) is 3.58. The molecular formula is C15H15ClN2. The first-order chi connectivity index (χ1) is 8.58. The Labute approximate surface area is 112 Å². The average molecular weight is 259 g/mol. The van der Waals surface area contributed by atoms with E-state index in [1.165, 1.54) is 5.56 Å². The lowest BCUT2D eigenvalue weighted by molar-refractivity contribution is 1.43. The summed E-state index contributed by atoms with van der Waals surface area (Å²) in [6.07, 6.45) is 1.91. The van der Waals surface area contributed by atoms with Gasteiger partial charge in [-0.1, -0.05) is 35.9 Å². The third kappa shape index (κ3) is 2.66. The van der Waals surface area contributed by atoms with Crippen molar-refractivity contribution in [2.24, 2.45) is 5.73 Å². The largest absolute Gasteiger partial charge is 0.398 e. The molecule has 0 atom stereocenters. The number of hydrogen-bond donors (Lipinski definition) is 2. The van der Waals surface area contributed by atoms with Gasteiger partial charge in [-0.05, 0) is 42.3 Å². The zero-order chi connectivity index (χ0) is 13.1. The van der Waals surface area contributed by atoms with Gasteiger partial charge in [-0.25, -0.2) is 0 Å². The lowest BCUT2D eigenvalue weighted by Gasteiger charge is -2.07. The van der Waals surface area contributed by atoms with Gasteiger partial charge < -0.3 is 11.5 Å². The Bertz CT molecular complexity index is 603. The average Bonchev–Trinajstić information content (AvgIpc) is 2.35. The van der Waals surface area contributed by atoms with Crippen LogP contribution < -0.4 is 11.5 Å². The van der Waals surface area contributed by atoms with Crippen molar-refractivity contribution in [3.8, 4) is 0 Å². The topological polar surface area (TPSA) is 52.0 Å². The fraction of sp³-hybridized carbons (Fsp3) is 0.0667. The summed E-state index contributed by atoms with van der Waals surface area (Å²) in [6.45, 7) is 2.04. The molecule has 0 aliphatic rings. The van der Waals surface area contributed by atoms with E-state index < -0.39 is 0 Å². The highest BCUT2D eigenvalue weighted by Crippen LogP contribution is 2.24. The van der Waals surface area contributed by atoms with Crippen molar-refractivity contribution in [2.75, 3.05) is 5.73 Å². The van der Waals surface area contributed by atoms with Crippen LogP contribution in [-0.4, -0.2) is 0 Å². The standard InChI is InChI=1S/C15H15ClN2/c1-10-4-2-3-5-11(10)8-15(18)13-9-12(16)6-7-14(13)17/h2-9H,17-18H2,1H3/b15-8-. The Balaban J connectivity index is 2.45. The van der Waals surface area contributed by atoms with Gasteiger partial charge >= 0.3 is 0 Å². The van der Waals surface area contributed by atoms with Gasteiger partial charge in [0.1, 0.15) is 0 Å². The molecule has 92 valence electrons. The Hall–Kier alpha value is -1.93. The first-order valence-corrected chi connectivity index (χ1v) is 6.04. The van der Waals surface area contributed by atoms with Gasteiger partial charge in [0, 0.05) is 22.0 Å². The molecule has 2 aromatic rings. The molecule has 0 aromatic heterocycles. The molecule has 4 N–H and O–H groups in total. The number of anilines is 1. The predicted octanol–water partition coefficient (Wildman–Crippen LogP) is 3.69. The second-order valence-electron chi connectivity index (χ2n) is 4.19. The van der Waals surface area contributed by atoms with Crippen LogP contribution in [0, 0.1) is 6.92 Å². The molecule has 3 heteroatoms. The van der Waals surface area contributed by atoms with E-state index in [9.17, 15) is 0 Å². The van der Waals surface area contributed by atoms with Crippen molar-refractivity contribution in [2.45, 2.75) is 6.92 Å². The second-order valence-corrected chi connectivity index (χ2v) is 4.62. The van der Waals surface area contributed by atoms with E-state index in [0.717, 1.165) is 11.1 Å². The molecule has 0 spiro atoms. The van der Waals surface area contributed by atoms with Gasteiger partial charge in [0.25, 0.3) is 0 Å². The van der Waals surface area contributed by atoms with E-state index in [-0.39, 0.29) is 0 Å². The van der Waals surface area contributed by atoms with Crippen molar-refractivity contribution in [1.29, 1.82) is 0 Å². The maximum atomic E-state index is 6.09. The van der Waals surface area contributed by atoms with Crippen LogP contribution in [0.4, 0.5) is 5.69 Å². The van der Waals surface area contributed by atoms with Crippen LogP contribution in [0.25, 0.3) is 11.8 Å². The van der Waals surface area contributed by atoms with Crippen molar-refractivity contribution in [1.82, 2.24) is 0 Å². The Morgan fingerprint density at radius 3 is 2.61 bits per heavy atom. The van der Waals surface area contributed by atoms with Crippen molar-refractivity contribution in [3.63, 3.8) is 0 Å². The highest BCUT2D eigenvalue weighted by atomic mass is 35.5. The molecule has 0 aliphatic heterocycles. The number of aryl methyl sites for hydroxylation is 1. The summed E-state index contributed by atoms with van der Waals surface area (Å²) in [5.41, 5.74) is 16.2. The van der Waals surface area contributed by atoms with Crippen LogP contribution in [0.3, 0.4) is 0 Å². The summed E-state index contributed by atoms with van der Waals surface area (Å²) in [4.78, 5) is 0. The third-order valence-electron chi connectivity index (χ3n) is 2.83. The molecule has 0 fully saturated rings. The second kappa shape index (κ2) is 5.15. The molecule has 2 aromatic carbocycles. The van der Waals surface area contributed by atoms with Gasteiger partial charge in [0.05, 0.1) is 0 Å². The molecule has 0 saturated heterocycles.